The summed E-state index contributed by atoms with van der Waals surface area (Å²) in [5.41, 5.74) is 0. The van der Waals surface area contributed by atoms with Crippen LogP contribution < -0.4 is 10.6 Å². The Morgan fingerprint density at radius 3 is 2.81 bits per heavy atom. The molecular weight excluding hydrogens is 200 g/mol. The van der Waals surface area contributed by atoms with Gasteiger partial charge in [0.05, 0.1) is 6.10 Å². The molecule has 1 heterocycles. The molecule has 0 radical (unpaired) electrons. The van der Waals surface area contributed by atoms with Crippen molar-refractivity contribution in [1.82, 2.24) is 10.6 Å². The highest BCUT2D eigenvalue weighted by Crippen LogP contribution is 2.31. The smallest absolute Gasteiger partial charge is 0.0636 e. The summed E-state index contributed by atoms with van der Waals surface area (Å²) in [5, 5.41) is 16.5. The van der Waals surface area contributed by atoms with E-state index in [1.807, 2.05) is 6.92 Å². The van der Waals surface area contributed by atoms with E-state index < -0.39 is 0 Å². The quantitative estimate of drug-likeness (QED) is 0.676. The number of aliphatic hydroxyl groups is 1. The fourth-order valence-electron chi connectivity index (χ4n) is 3.29. The largest absolute Gasteiger partial charge is 0.392 e. The molecule has 0 amide bonds. The summed E-state index contributed by atoms with van der Waals surface area (Å²) in [7, 11) is 0. The van der Waals surface area contributed by atoms with E-state index in [0.29, 0.717) is 6.04 Å². The van der Waals surface area contributed by atoms with Gasteiger partial charge in [0.25, 0.3) is 0 Å². The van der Waals surface area contributed by atoms with Gasteiger partial charge in [0.2, 0.25) is 0 Å². The third-order valence-electron chi connectivity index (χ3n) is 4.11. The molecule has 0 aromatic carbocycles. The summed E-state index contributed by atoms with van der Waals surface area (Å²) < 4.78 is 0. The van der Waals surface area contributed by atoms with Crippen molar-refractivity contribution in [2.45, 2.75) is 63.6 Å². The SMILES string of the molecule is CC(O)CNC1CCCC1C1CCCCN1. The topological polar surface area (TPSA) is 44.3 Å². The Morgan fingerprint density at radius 1 is 1.25 bits per heavy atom. The maximum atomic E-state index is 9.33. The maximum absolute atomic E-state index is 9.33. The van der Waals surface area contributed by atoms with Gasteiger partial charge < -0.3 is 15.7 Å². The molecule has 4 unspecified atom stereocenters. The fourth-order valence-corrected chi connectivity index (χ4v) is 3.29. The molecule has 1 aliphatic heterocycles. The number of hydrogen-bond donors (Lipinski definition) is 3. The van der Waals surface area contributed by atoms with Crippen molar-refractivity contribution in [1.29, 1.82) is 0 Å². The predicted molar refractivity (Wildman–Crippen MR) is 66.5 cm³/mol. The summed E-state index contributed by atoms with van der Waals surface area (Å²) in [5.74, 6) is 0.791. The molecule has 3 nitrogen and oxygen atoms in total. The first-order chi connectivity index (χ1) is 7.77. The Bertz CT molecular complexity index is 202. The highest BCUT2D eigenvalue weighted by molar-refractivity contribution is 4.92. The van der Waals surface area contributed by atoms with Crippen LogP contribution in [0.3, 0.4) is 0 Å². The number of hydrogen-bond acceptors (Lipinski definition) is 3. The van der Waals surface area contributed by atoms with Crippen LogP contribution in [0.25, 0.3) is 0 Å². The van der Waals surface area contributed by atoms with Gasteiger partial charge in [-0.25, -0.2) is 0 Å². The normalized spacial score (nSPS) is 37.5. The van der Waals surface area contributed by atoms with Crippen LogP contribution in [0, 0.1) is 5.92 Å². The van der Waals surface area contributed by atoms with Crippen LogP contribution in [0.5, 0.6) is 0 Å². The van der Waals surface area contributed by atoms with Gasteiger partial charge >= 0.3 is 0 Å². The third kappa shape index (κ3) is 3.19. The van der Waals surface area contributed by atoms with Crippen molar-refractivity contribution in [2.24, 2.45) is 5.92 Å². The second-order valence-electron chi connectivity index (χ2n) is 5.51. The van der Waals surface area contributed by atoms with E-state index in [0.717, 1.165) is 18.5 Å². The lowest BCUT2D eigenvalue weighted by Crippen LogP contribution is -2.47. The second kappa shape index (κ2) is 5.99. The molecule has 3 N–H and O–H groups in total. The van der Waals surface area contributed by atoms with E-state index >= 15 is 0 Å². The molecule has 2 rings (SSSR count). The first-order valence-electron chi connectivity index (χ1n) is 6.92. The van der Waals surface area contributed by atoms with Crippen LogP contribution in [0.15, 0.2) is 0 Å². The second-order valence-corrected chi connectivity index (χ2v) is 5.51. The van der Waals surface area contributed by atoms with Gasteiger partial charge in [-0.2, -0.15) is 0 Å². The van der Waals surface area contributed by atoms with E-state index in [-0.39, 0.29) is 6.10 Å². The van der Waals surface area contributed by atoms with Gasteiger partial charge in [-0.3, -0.25) is 0 Å². The lowest BCUT2D eigenvalue weighted by molar-refractivity contribution is 0.175. The molecule has 0 spiro atoms. The highest BCUT2D eigenvalue weighted by atomic mass is 16.3. The fraction of sp³-hybridized carbons (Fsp3) is 1.00. The van der Waals surface area contributed by atoms with Crippen LogP contribution in [-0.4, -0.2) is 36.4 Å². The number of piperidine rings is 1. The lowest BCUT2D eigenvalue weighted by atomic mass is 9.88. The molecule has 4 atom stereocenters. The van der Waals surface area contributed by atoms with Crippen molar-refractivity contribution in [3.8, 4) is 0 Å². The van der Waals surface area contributed by atoms with Crippen molar-refractivity contribution < 1.29 is 5.11 Å². The zero-order valence-electron chi connectivity index (χ0n) is 10.4. The Labute approximate surface area is 99.0 Å². The molecule has 1 aliphatic carbocycles. The Hall–Kier alpha value is -0.120. The molecule has 0 aromatic heterocycles. The lowest BCUT2D eigenvalue weighted by Gasteiger charge is -2.33. The first kappa shape index (κ1) is 12.3. The summed E-state index contributed by atoms with van der Waals surface area (Å²) in [4.78, 5) is 0. The number of nitrogens with one attached hydrogen (secondary N) is 2. The highest BCUT2D eigenvalue weighted by Gasteiger charge is 2.33. The Kier molecular flexibility index (Phi) is 4.62. The van der Waals surface area contributed by atoms with Crippen LogP contribution in [-0.2, 0) is 0 Å². The van der Waals surface area contributed by atoms with Crippen molar-refractivity contribution in [2.75, 3.05) is 13.1 Å². The van der Waals surface area contributed by atoms with Crippen LogP contribution >= 0.6 is 0 Å². The molecular formula is C13H26N2O. The molecule has 1 saturated carbocycles. The van der Waals surface area contributed by atoms with Gasteiger partial charge in [0.1, 0.15) is 0 Å². The van der Waals surface area contributed by atoms with Gasteiger partial charge in [-0.05, 0) is 45.1 Å². The molecule has 2 aliphatic rings. The van der Waals surface area contributed by atoms with Gasteiger partial charge in [0, 0.05) is 18.6 Å². The molecule has 0 aromatic rings. The Balaban J connectivity index is 1.82. The van der Waals surface area contributed by atoms with E-state index in [2.05, 4.69) is 10.6 Å². The van der Waals surface area contributed by atoms with Crippen molar-refractivity contribution >= 4 is 0 Å². The van der Waals surface area contributed by atoms with E-state index in [4.69, 9.17) is 0 Å². The van der Waals surface area contributed by atoms with Gasteiger partial charge in [-0.1, -0.05) is 12.8 Å². The average Bonchev–Trinajstić information content (AvgIpc) is 2.75. The zero-order valence-corrected chi connectivity index (χ0v) is 10.4. The van der Waals surface area contributed by atoms with Crippen LogP contribution in [0.2, 0.25) is 0 Å². The molecule has 3 heteroatoms. The minimum atomic E-state index is -0.222. The van der Waals surface area contributed by atoms with Crippen LogP contribution in [0.4, 0.5) is 0 Å². The standard InChI is InChI=1S/C13H26N2O/c1-10(16)9-15-13-7-4-5-11(13)12-6-2-3-8-14-12/h10-16H,2-9H2,1H3. The molecule has 0 bridgehead atoms. The number of aliphatic hydroxyl groups excluding tert-OH is 1. The maximum Gasteiger partial charge on any atom is 0.0636 e. The van der Waals surface area contributed by atoms with Crippen LogP contribution in [0.1, 0.15) is 45.4 Å². The first-order valence-corrected chi connectivity index (χ1v) is 6.92. The summed E-state index contributed by atoms with van der Waals surface area (Å²) >= 11 is 0. The van der Waals surface area contributed by atoms with E-state index in [1.54, 1.807) is 0 Å². The number of rotatable bonds is 4. The average molecular weight is 226 g/mol. The molecule has 16 heavy (non-hydrogen) atoms. The molecule has 1 saturated heterocycles. The summed E-state index contributed by atoms with van der Waals surface area (Å²) in [6.45, 7) is 3.80. The van der Waals surface area contributed by atoms with Gasteiger partial charge in [-0.15, -0.1) is 0 Å². The minimum Gasteiger partial charge on any atom is -0.392 e. The van der Waals surface area contributed by atoms with Crippen molar-refractivity contribution in [3.63, 3.8) is 0 Å². The minimum absolute atomic E-state index is 0.222. The van der Waals surface area contributed by atoms with Gasteiger partial charge in [0.15, 0.2) is 0 Å². The summed E-state index contributed by atoms with van der Waals surface area (Å²) in [6, 6.07) is 1.35. The monoisotopic (exact) mass is 226 g/mol. The van der Waals surface area contributed by atoms with E-state index in [9.17, 15) is 5.11 Å². The predicted octanol–water partition coefficient (Wildman–Crippen LogP) is 1.27. The van der Waals surface area contributed by atoms with Crippen molar-refractivity contribution in [3.05, 3.63) is 0 Å². The third-order valence-corrected chi connectivity index (χ3v) is 4.11. The zero-order chi connectivity index (χ0) is 11.4. The summed E-state index contributed by atoms with van der Waals surface area (Å²) in [6.07, 6.45) is 7.84. The van der Waals surface area contributed by atoms with E-state index in [1.165, 1.54) is 45.1 Å². The molecule has 94 valence electrons. The Morgan fingerprint density at radius 2 is 2.12 bits per heavy atom. The molecule has 2 fully saturated rings.